The van der Waals surface area contributed by atoms with Crippen LogP contribution in [0.25, 0.3) is 0 Å². The summed E-state index contributed by atoms with van der Waals surface area (Å²) in [6, 6.07) is 14.6. The van der Waals surface area contributed by atoms with Crippen molar-refractivity contribution in [1.82, 2.24) is 0 Å². The van der Waals surface area contributed by atoms with E-state index in [1.54, 1.807) is 24.3 Å². The van der Waals surface area contributed by atoms with E-state index in [4.69, 9.17) is 10.5 Å². The molecule has 3 nitrogen and oxygen atoms in total. The highest BCUT2D eigenvalue weighted by molar-refractivity contribution is 6.09. The molecular formula is C16H17NO2. The maximum atomic E-state index is 12.3. The standard InChI is InChI=1S/C16H17NO2/c1-2-19-15-5-3-4-14(10-15)16(18)13-8-6-12(11-17)7-9-13/h3-10H,2,11,17H2,1H3. The number of ether oxygens (including phenoxy) is 1. The first-order valence-corrected chi connectivity index (χ1v) is 6.31. The topological polar surface area (TPSA) is 52.3 Å². The third-order valence-electron chi connectivity index (χ3n) is 2.86. The fourth-order valence-electron chi connectivity index (χ4n) is 1.85. The van der Waals surface area contributed by atoms with Gasteiger partial charge < -0.3 is 10.5 Å². The monoisotopic (exact) mass is 255 g/mol. The molecule has 0 saturated heterocycles. The summed E-state index contributed by atoms with van der Waals surface area (Å²) >= 11 is 0. The Hall–Kier alpha value is -2.13. The molecule has 2 aromatic rings. The second kappa shape index (κ2) is 6.16. The number of hydrogen-bond donors (Lipinski definition) is 1. The van der Waals surface area contributed by atoms with Crippen molar-refractivity contribution in [1.29, 1.82) is 0 Å². The number of carbonyl (C=O) groups excluding carboxylic acids is 1. The number of rotatable bonds is 5. The van der Waals surface area contributed by atoms with Crippen molar-refractivity contribution in [2.45, 2.75) is 13.5 Å². The molecule has 0 aromatic heterocycles. The third-order valence-corrected chi connectivity index (χ3v) is 2.86. The molecule has 3 heteroatoms. The molecule has 0 spiro atoms. The molecule has 0 bridgehead atoms. The van der Waals surface area contributed by atoms with Crippen LogP contribution in [0.2, 0.25) is 0 Å². The summed E-state index contributed by atoms with van der Waals surface area (Å²) in [7, 11) is 0. The summed E-state index contributed by atoms with van der Waals surface area (Å²) in [5.41, 5.74) is 7.84. The number of benzene rings is 2. The molecule has 0 unspecified atom stereocenters. The van der Waals surface area contributed by atoms with E-state index in [0.717, 1.165) is 5.56 Å². The van der Waals surface area contributed by atoms with Gasteiger partial charge in [0.05, 0.1) is 6.61 Å². The van der Waals surface area contributed by atoms with Gasteiger partial charge in [-0.3, -0.25) is 4.79 Å². The van der Waals surface area contributed by atoms with E-state index in [0.29, 0.717) is 30.0 Å². The highest BCUT2D eigenvalue weighted by Gasteiger charge is 2.09. The first-order valence-electron chi connectivity index (χ1n) is 6.31. The van der Waals surface area contributed by atoms with Crippen LogP contribution in [0.3, 0.4) is 0 Å². The van der Waals surface area contributed by atoms with Gasteiger partial charge in [-0.1, -0.05) is 36.4 Å². The molecule has 0 atom stereocenters. The molecular weight excluding hydrogens is 238 g/mol. The van der Waals surface area contributed by atoms with E-state index in [9.17, 15) is 4.79 Å². The van der Waals surface area contributed by atoms with Gasteiger partial charge in [0.15, 0.2) is 5.78 Å². The van der Waals surface area contributed by atoms with Crippen molar-refractivity contribution in [2.75, 3.05) is 6.61 Å². The van der Waals surface area contributed by atoms with Gasteiger partial charge in [-0.2, -0.15) is 0 Å². The van der Waals surface area contributed by atoms with Crippen molar-refractivity contribution in [2.24, 2.45) is 5.73 Å². The molecule has 0 radical (unpaired) electrons. The summed E-state index contributed by atoms with van der Waals surface area (Å²) in [5.74, 6) is 0.706. The fraction of sp³-hybridized carbons (Fsp3) is 0.188. The summed E-state index contributed by atoms with van der Waals surface area (Å²) in [6.07, 6.45) is 0. The summed E-state index contributed by atoms with van der Waals surface area (Å²) in [5, 5.41) is 0. The minimum atomic E-state index is -0.00914. The van der Waals surface area contributed by atoms with E-state index < -0.39 is 0 Å². The van der Waals surface area contributed by atoms with Gasteiger partial charge in [0.1, 0.15) is 5.75 Å². The summed E-state index contributed by atoms with van der Waals surface area (Å²) < 4.78 is 5.40. The average Bonchev–Trinajstić information content (AvgIpc) is 2.47. The Bertz CT molecular complexity index is 561. The molecule has 2 rings (SSSR count). The minimum absolute atomic E-state index is 0.00914. The number of ketones is 1. The van der Waals surface area contributed by atoms with E-state index in [1.807, 2.05) is 31.2 Å². The van der Waals surface area contributed by atoms with Gasteiger partial charge in [0.25, 0.3) is 0 Å². The van der Waals surface area contributed by atoms with Crippen LogP contribution in [-0.2, 0) is 6.54 Å². The lowest BCUT2D eigenvalue weighted by atomic mass is 10.0. The zero-order chi connectivity index (χ0) is 13.7. The molecule has 0 fully saturated rings. The lowest BCUT2D eigenvalue weighted by molar-refractivity contribution is 0.103. The molecule has 0 aliphatic rings. The van der Waals surface area contributed by atoms with Gasteiger partial charge in [0, 0.05) is 17.7 Å². The molecule has 0 aliphatic carbocycles. The van der Waals surface area contributed by atoms with Crippen LogP contribution in [0.5, 0.6) is 5.75 Å². The molecule has 0 aliphatic heterocycles. The minimum Gasteiger partial charge on any atom is -0.494 e. The second-order valence-electron chi connectivity index (χ2n) is 4.19. The van der Waals surface area contributed by atoms with E-state index in [1.165, 1.54) is 0 Å². The van der Waals surface area contributed by atoms with Crippen LogP contribution >= 0.6 is 0 Å². The van der Waals surface area contributed by atoms with Crippen molar-refractivity contribution in [3.05, 3.63) is 65.2 Å². The number of hydrogen-bond acceptors (Lipinski definition) is 3. The van der Waals surface area contributed by atoms with E-state index in [-0.39, 0.29) is 5.78 Å². The zero-order valence-corrected chi connectivity index (χ0v) is 10.9. The second-order valence-corrected chi connectivity index (χ2v) is 4.19. The third kappa shape index (κ3) is 3.20. The maximum absolute atomic E-state index is 12.3. The predicted molar refractivity (Wildman–Crippen MR) is 75.4 cm³/mol. The van der Waals surface area contributed by atoms with Crippen molar-refractivity contribution >= 4 is 5.78 Å². The van der Waals surface area contributed by atoms with E-state index in [2.05, 4.69) is 0 Å². The number of carbonyl (C=O) groups is 1. The van der Waals surface area contributed by atoms with Crippen molar-refractivity contribution in [3.8, 4) is 5.75 Å². The molecule has 2 N–H and O–H groups in total. The highest BCUT2D eigenvalue weighted by atomic mass is 16.5. The molecule has 0 heterocycles. The first kappa shape index (κ1) is 13.3. The Morgan fingerprint density at radius 1 is 1.11 bits per heavy atom. The predicted octanol–water partition coefficient (Wildman–Crippen LogP) is 2.78. The quantitative estimate of drug-likeness (QED) is 0.836. The highest BCUT2D eigenvalue weighted by Crippen LogP contribution is 2.17. The fourth-order valence-corrected chi connectivity index (χ4v) is 1.85. The van der Waals surface area contributed by atoms with E-state index >= 15 is 0 Å². The Kier molecular flexibility index (Phi) is 4.31. The largest absolute Gasteiger partial charge is 0.494 e. The van der Waals surface area contributed by atoms with Crippen LogP contribution in [0.1, 0.15) is 28.4 Å². The Morgan fingerprint density at radius 2 is 1.84 bits per heavy atom. The van der Waals surface area contributed by atoms with Crippen LogP contribution in [-0.4, -0.2) is 12.4 Å². The Labute approximate surface area is 113 Å². The van der Waals surface area contributed by atoms with Gasteiger partial charge in [-0.25, -0.2) is 0 Å². The van der Waals surface area contributed by atoms with Crippen LogP contribution in [0, 0.1) is 0 Å². The Morgan fingerprint density at radius 3 is 2.47 bits per heavy atom. The molecule has 19 heavy (non-hydrogen) atoms. The molecule has 98 valence electrons. The van der Waals surface area contributed by atoms with Crippen LogP contribution in [0.15, 0.2) is 48.5 Å². The van der Waals surface area contributed by atoms with Gasteiger partial charge in [-0.15, -0.1) is 0 Å². The average molecular weight is 255 g/mol. The normalized spacial score (nSPS) is 10.2. The van der Waals surface area contributed by atoms with Gasteiger partial charge in [0.2, 0.25) is 0 Å². The smallest absolute Gasteiger partial charge is 0.193 e. The van der Waals surface area contributed by atoms with Crippen molar-refractivity contribution in [3.63, 3.8) is 0 Å². The molecule has 0 saturated carbocycles. The maximum Gasteiger partial charge on any atom is 0.193 e. The van der Waals surface area contributed by atoms with Crippen LogP contribution in [0.4, 0.5) is 0 Å². The first-order chi connectivity index (χ1) is 9.24. The lowest BCUT2D eigenvalue weighted by Gasteiger charge is -2.06. The van der Waals surface area contributed by atoms with Gasteiger partial charge in [-0.05, 0) is 24.6 Å². The zero-order valence-electron chi connectivity index (χ0n) is 10.9. The molecule has 2 aromatic carbocycles. The Balaban J connectivity index is 2.24. The van der Waals surface area contributed by atoms with Crippen LogP contribution < -0.4 is 10.5 Å². The lowest BCUT2D eigenvalue weighted by Crippen LogP contribution is -2.03. The summed E-state index contributed by atoms with van der Waals surface area (Å²) in [4.78, 5) is 12.3. The molecule has 0 amide bonds. The summed E-state index contributed by atoms with van der Waals surface area (Å²) in [6.45, 7) is 2.98. The van der Waals surface area contributed by atoms with Crippen molar-refractivity contribution < 1.29 is 9.53 Å². The number of nitrogens with two attached hydrogens (primary N) is 1. The SMILES string of the molecule is CCOc1cccc(C(=O)c2ccc(CN)cc2)c1. The van der Waals surface area contributed by atoms with Gasteiger partial charge >= 0.3 is 0 Å².